The van der Waals surface area contributed by atoms with Gasteiger partial charge >= 0.3 is 0 Å². The van der Waals surface area contributed by atoms with E-state index in [1.165, 1.54) is 39.1 Å². The lowest BCUT2D eigenvalue weighted by atomic mass is 9.87. The molecule has 0 bridgehead atoms. The number of rotatable bonds is 13. The van der Waals surface area contributed by atoms with E-state index >= 15 is 0 Å². The highest BCUT2D eigenvalue weighted by atomic mass is 16.5. The van der Waals surface area contributed by atoms with Crippen molar-refractivity contribution in [3.63, 3.8) is 0 Å². The Morgan fingerprint density at radius 2 is 1.33 bits per heavy atom. The minimum absolute atomic E-state index is 0.0193. The molecular formula is C50H50N2O3. The number of amides is 1. The lowest BCUT2D eigenvalue weighted by Crippen LogP contribution is -2.36. The van der Waals surface area contributed by atoms with Crippen LogP contribution < -0.4 is 19.3 Å². The first-order valence-corrected chi connectivity index (χ1v) is 18.9. The highest BCUT2D eigenvalue weighted by molar-refractivity contribution is 6.06. The maximum Gasteiger partial charge on any atom is 0.258 e. The van der Waals surface area contributed by atoms with Crippen LogP contribution in [0.4, 0.5) is 11.4 Å². The first kappa shape index (κ1) is 38.4. The number of nitrogens with zero attached hydrogens (tertiary/aromatic N) is 2. The van der Waals surface area contributed by atoms with Gasteiger partial charge in [-0.1, -0.05) is 127 Å². The van der Waals surface area contributed by atoms with Crippen molar-refractivity contribution in [2.75, 3.05) is 36.1 Å². The van der Waals surface area contributed by atoms with Gasteiger partial charge in [-0.05, 0) is 110 Å². The van der Waals surface area contributed by atoms with Crippen molar-refractivity contribution in [1.29, 1.82) is 0 Å². The van der Waals surface area contributed by atoms with Gasteiger partial charge in [0.05, 0.1) is 6.04 Å². The topological polar surface area (TPSA) is 42.0 Å². The van der Waals surface area contributed by atoms with E-state index in [1.807, 2.05) is 59.5 Å². The molecule has 7 rings (SSSR count). The molecule has 1 aliphatic heterocycles. The Morgan fingerprint density at radius 3 is 1.96 bits per heavy atom. The number of benzene rings is 6. The Morgan fingerprint density at radius 1 is 0.709 bits per heavy atom. The zero-order valence-corrected chi connectivity index (χ0v) is 31.9. The van der Waals surface area contributed by atoms with E-state index in [0.717, 1.165) is 36.6 Å². The molecule has 278 valence electrons. The molecule has 0 aliphatic carbocycles. The molecule has 1 heterocycles. The van der Waals surface area contributed by atoms with Crippen LogP contribution in [0.2, 0.25) is 0 Å². The lowest BCUT2D eigenvalue weighted by Gasteiger charge is -2.39. The van der Waals surface area contributed by atoms with E-state index in [9.17, 15) is 4.79 Å². The maximum atomic E-state index is 13.2. The summed E-state index contributed by atoms with van der Waals surface area (Å²) in [6.45, 7) is 14.2. The van der Waals surface area contributed by atoms with E-state index in [2.05, 4.69) is 129 Å². The van der Waals surface area contributed by atoms with Gasteiger partial charge in [0.25, 0.3) is 5.91 Å². The molecule has 0 fully saturated rings. The highest BCUT2D eigenvalue weighted by Gasteiger charge is 2.29. The van der Waals surface area contributed by atoms with Crippen LogP contribution in [0.15, 0.2) is 177 Å². The molecule has 5 nitrogen and oxygen atoms in total. The van der Waals surface area contributed by atoms with Crippen molar-refractivity contribution >= 4 is 17.3 Å². The predicted octanol–water partition coefficient (Wildman–Crippen LogP) is 11.2. The summed E-state index contributed by atoms with van der Waals surface area (Å²) in [5, 5.41) is 0. The van der Waals surface area contributed by atoms with Gasteiger partial charge in [-0.25, -0.2) is 0 Å². The van der Waals surface area contributed by atoms with Crippen molar-refractivity contribution in [2.24, 2.45) is 0 Å². The van der Waals surface area contributed by atoms with E-state index in [-0.39, 0.29) is 11.9 Å². The molecule has 0 N–H and O–H groups in total. The average Bonchev–Trinajstić information content (AvgIpc) is 3.23. The second-order valence-corrected chi connectivity index (χ2v) is 13.7. The summed E-state index contributed by atoms with van der Waals surface area (Å²) >= 11 is 0. The van der Waals surface area contributed by atoms with Crippen LogP contribution in [0, 0.1) is 13.8 Å². The first-order chi connectivity index (χ1) is 26.9. The summed E-state index contributed by atoms with van der Waals surface area (Å²) in [6, 6.07) is 51.7. The summed E-state index contributed by atoms with van der Waals surface area (Å²) in [5.74, 6) is 1.58. The van der Waals surface area contributed by atoms with Crippen LogP contribution in [-0.4, -0.2) is 32.2 Å². The standard InChI is InChI=1S/C25H25NO2.C25H25NO/c1-3-18-28-24-14-12-22(13-15-24)25(27)26(23-10-5-4-6-11-23)17-16-21-9-7-8-20(2)19-21;1-3-17-27-23-12-10-20(11-13-23)25-24-14-9-19(2)18-21(24)15-16-26(25)22-7-5-4-6-8-22/h3-15,19H,1,16-18H2,2H3;3-14,18,25H,1,15-17H2,2H3. The van der Waals surface area contributed by atoms with E-state index in [0.29, 0.717) is 25.3 Å². The molecule has 1 amide bonds. The summed E-state index contributed by atoms with van der Waals surface area (Å²) < 4.78 is 11.2. The summed E-state index contributed by atoms with van der Waals surface area (Å²) in [4.78, 5) is 17.6. The minimum Gasteiger partial charge on any atom is -0.490 e. The fraction of sp³-hybridized carbons (Fsp3) is 0.180. The van der Waals surface area contributed by atoms with Crippen LogP contribution in [0.25, 0.3) is 0 Å². The molecule has 1 aliphatic rings. The Balaban J connectivity index is 0.000000187. The third-order valence-corrected chi connectivity index (χ3v) is 9.67. The molecule has 0 radical (unpaired) electrons. The van der Waals surface area contributed by atoms with Crippen LogP contribution in [0.5, 0.6) is 11.5 Å². The van der Waals surface area contributed by atoms with Gasteiger partial charge in [0.1, 0.15) is 24.7 Å². The number of hydrogen-bond acceptors (Lipinski definition) is 4. The molecular weight excluding hydrogens is 677 g/mol. The number of hydrogen-bond donors (Lipinski definition) is 0. The zero-order chi connectivity index (χ0) is 38.4. The van der Waals surface area contributed by atoms with E-state index < -0.39 is 0 Å². The molecule has 1 atom stereocenters. The maximum absolute atomic E-state index is 13.2. The van der Waals surface area contributed by atoms with E-state index in [4.69, 9.17) is 9.47 Å². The smallest absolute Gasteiger partial charge is 0.258 e. The van der Waals surface area contributed by atoms with Gasteiger partial charge < -0.3 is 19.3 Å². The third kappa shape index (κ3) is 10.2. The van der Waals surface area contributed by atoms with Gasteiger partial charge in [0.2, 0.25) is 0 Å². The molecule has 5 heteroatoms. The van der Waals surface area contributed by atoms with Crippen molar-refractivity contribution in [2.45, 2.75) is 32.7 Å². The molecule has 0 saturated heterocycles. The number of ether oxygens (including phenoxy) is 2. The number of anilines is 2. The lowest BCUT2D eigenvalue weighted by molar-refractivity contribution is 0.0987. The van der Waals surface area contributed by atoms with Crippen LogP contribution in [0.3, 0.4) is 0 Å². The number of carbonyl (C=O) groups is 1. The van der Waals surface area contributed by atoms with Gasteiger partial charge in [-0.2, -0.15) is 0 Å². The van der Waals surface area contributed by atoms with Crippen LogP contribution in [0.1, 0.15) is 49.8 Å². The average molecular weight is 727 g/mol. The Kier molecular flexibility index (Phi) is 13.4. The molecule has 0 spiro atoms. The minimum atomic E-state index is -0.0193. The molecule has 1 unspecified atom stereocenters. The predicted molar refractivity (Wildman–Crippen MR) is 228 cm³/mol. The highest BCUT2D eigenvalue weighted by Crippen LogP contribution is 2.39. The van der Waals surface area contributed by atoms with Crippen molar-refractivity contribution in [3.05, 3.63) is 216 Å². The van der Waals surface area contributed by atoms with Gasteiger partial charge in [-0.15, -0.1) is 0 Å². The number of para-hydroxylation sites is 2. The normalized spacial score (nSPS) is 13.1. The number of aryl methyl sites for hydroxylation is 2. The summed E-state index contributed by atoms with van der Waals surface area (Å²) in [7, 11) is 0. The number of fused-ring (bicyclic) bond motifs is 1. The van der Waals surface area contributed by atoms with Crippen LogP contribution in [-0.2, 0) is 12.8 Å². The SMILES string of the molecule is C=CCOc1ccc(C(=O)N(CCc2cccc(C)c2)c2ccccc2)cc1.C=CCOc1ccc(C2c3ccc(C)cc3CCN2c2ccccc2)cc1. The molecule has 6 aromatic rings. The van der Waals surface area contributed by atoms with Gasteiger partial charge in [0, 0.05) is 30.0 Å². The monoisotopic (exact) mass is 726 g/mol. The van der Waals surface area contributed by atoms with Crippen molar-refractivity contribution in [1.82, 2.24) is 0 Å². The summed E-state index contributed by atoms with van der Waals surface area (Å²) in [6.07, 6.45) is 5.33. The largest absolute Gasteiger partial charge is 0.490 e. The van der Waals surface area contributed by atoms with Crippen molar-refractivity contribution < 1.29 is 14.3 Å². The fourth-order valence-corrected chi connectivity index (χ4v) is 6.98. The van der Waals surface area contributed by atoms with Crippen molar-refractivity contribution in [3.8, 4) is 11.5 Å². The Hall–Kier alpha value is -6.33. The molecule has 55 heavy (non-hydrogen) atoms. The zero-order valence-electron chi connectivity index (χ0n) is 31.9. The quantitative estimate of drug-likeness (QED) is 0.111. The molecule has 0 saturated carbocycles. The second kappa shape index (κ2) is 19.1. The number of carbonyl (C=O) groups excluding carboxylic acids is 1. The second-order valence-electron chi connectivity index (χ2n) is 13.7. The Bertz CT molecular complexity index is 2140. The van der Waals surface area contributed by atoms with E-state index in [1.54, 1.807) is 12.2 Å². The molecule has 6 aromatic carbocycles. The van der Waals surface area contributed by atoms with Crippen LogP contribution >= 0.6 is 0 Å². The Labute approximate surface area is 326 Å². The van der Waals surface area contributed by atoms with Gasteiger partial charge in [0.15, 0.2) is 0 Å². The third-order valence-electron chi connectivity index (χ3n) is 9.67. The fourth-order valence-electron chi connectivity index (χ4n) is 6.98. The summed E-state index contributed by atoms with van der Waals surface area (Å²) in [5.41, 5.74) is 10.7. The molecule has 0 aromatic heterocycles. The van der Waals surface area contributed by atoms with Gasteiger partial charge in [-0.3, -0.25) is 4.79 Å². The first-order valence-electron chi connectivity index (χ1n) is 18.9.